The smallest absolute Gasteiger partial charge is 0.326 e. The van der Waals surface area contributed by atoms with Crippen molar-refractivity contribution >= 4 is 16.9 Å². The zero-order chi connectivity index (χ0) is 18.8. The molecular weight excluding hydrogens is 344 g/mol. The Balaban J connectivity index is 1.45. The molecule has 1 amide bonds. The first-order valence-corrected chi connectivity index (χ1v) is 9.17. The van der Waals surface area contributed by atoms with E-state index in [-0.39, 0.29) is 36.1 Å². The lowest BCUT2D eigenvalue weighted by Gasteiger charge is -2.37. The maximum absolute atomic E-state index is 12.6. The quantitative estimate of drug-likeness (QED) is 0.619. The van der Waals surface area contributed by atoms with E-state index in [0.717, 1.165) is 16.7 Å². The van der Waals surface area contributed by atoms with Crippen molar-refractivity contribution < 1.29 is 9.90 Å². The fourth-order valence-corrected chi connectivity index (χ4v) is 3.68. The average molecular weight is 366 g/mol. The molecule has 1 fully saturated rings. The van der Waals surface area contributed by atoms with Gasteiger partial charge in [0.05, 0.1) is 28.9 Å². The largest absolute Gasteiger partial charge is 0.393 e. The van der Waals surface area contributed by atoms with Crippen LogP contribution in [0.4, 0.5) is 0 Å². The highest BCUT2D eigenvalue weighted by Crippen LogP contribution is 2.37. The Morgan fingerprint density at radius 1 is 1.26 bits per heavy atom. The molecule has 0 radical (unpaired) electrons. The summed E-state index contributed by atoms with van der Waals surface area (Å²) in [7, 11) is 0. The number of aliphatic hydroxyl groups is 1. The molecule has 3 N–H and O–H groups in total. The number of imidazole rings is 1. The van der Waals surface area contributed by atoms with Crippen LogP contribution in [0.5, 0.6) is 0 Å². The van der Waals surface area contributed by atoms with E-state index >= 15 is 0 Å². The normalized spacial score (nSPS) is 20.2. The van der Waals surface area contributed by atoms with Crippen molar-refractivity contribution in [1.29, 1.82) is 0 Å². The van der Waals surface area contributed by atoms with Crippen LogP contribution < -0.4 is 11.0 Å². The van der Waals surface area contributed by atoms with Gasteiger partial charge in [-0.05, 0) is 43.0 Å². The third kappa shape index (κ3) is 3.64. The number of carbonyl (C=O) groups excluding carboxylic acids is 1. The summed E-state index contributed by atoms with van der Waals surface area (Å²) in [6, 6.07) is 12.8. The molecule has 0 aliphatic heterocycles. The van der Waals surface area contributed by atoms with Crippen molar-refractivity contribution in [3.8, 4) is 0 Å². The Bertz CT molecular complexity index is 989. The van der Waals surface area contributed by atoms with E-state index < -0.39 is 0 Å². The summed E-state index contributed by atoms with van der Waals surface area (Å²) >= 11 is 0. The van der Waals surface area contributed by atoms with E-state index in [1.807, 2.05) is 42.5 Å². The number of aromatic nitrogens is 3. The highest BCUT2D eigenvalue weighted by molar-refractivity contribution is 5.77. The number of fused-ring (bicyclic) bond motifs is 1. The number of para-hydroxylation sites is 2. The second kappa shape index (κ2) is 7.36. The molecule has 1 aliphatic rings. The third-order valence-corrected chi connectivity index (χ3v) is 5.19. The summed E-state index contributed by atoms with van der Waals surface area (Å²) in [6.07, 6.45) is 2.91. The van der Waals surface area contributed by atoms with E-state index in [4.69, 9.17) is 0 Å². The van der Waals surface area contributed by atoms with E-state index in [0.29, 0.717) is 19.4 Å². The Labute approximate surface area is 156 Å². The molecule has 140 valence electrons. The molecular formula is C20H22N4O3. The number of hydrogen-bond acceptors (Lipinski definition) is 4. The van der Waals surface area contributed by atoms with Gasteiger partial charge >= 0.3 is 5.69 Å². The monoisotopic (exact) mass is 366 g/mol. The molecule has 1 aliphatic carbocycles. The van der Waals surface area contributed by atoms with Gasteiger partial charge in [-0.25, -0.2) is 4.79 Å². The molecule has 1 saturated carbocycles. The number of benzene rings is 1. The summed E-state index contributed by atoms with van der Waals surface area (Å²) in [5, 5.41) is 12.7. The summed E-state index contributed by atoms with van der Waals surface area (Å²) in [5.74, 6) is 0.0406. The molecule has 0 saturated heterocycles. The summed E-state index contributed by atoms with van der Waals surface area (Å²) < 4.78 is 1.58. The maximum Gasteiger partial charge on any atom is 0.326 e. The molecule has 2 heterocycles. The predicted molar refractivity (Wildman–Crippen MR) is 101 cm³/mol. The Morgan fingerprint density at radius 2 is 2.04 bits per heavy atom. The molecule has 7 heteroatoms. The Hall–Kier alpha value is -2.93. The molecule has 27 heavy (non-hydrogen) atoms. The number of nitrogens with one attached hydrogen (secondary N) is 2. The first-order chi connectivity index (χ1) is 13.1. The van der Waals surface area contributed by atoms with Gasteiger partial charge in [-0.3, -0.25) is 14.3 Å². The number of H-pyrrole nitrogens is 1. The summed E-state index contributed by atoms with van der Waals surface area (Å²) in [6.45, 7) is 0.302. The van der Waals surface area contributed by atoms with Gasteiger partial charge < -0.3 is 15.4 Å². The Morgan fingerprint density at radius 3 is 2.78 bits per heavy atom. The lowest BCUT2D eigenvalue weighted by molar-refractivity contribution is -0.123. The van der Waals surface area contributed by atoms with Crippen LogP contribution in [0.1, 0.15) is 31.0 Å². The van der Waals surface area contributed by atoms with Crippen LogP contribution in [-0.2, 0) is 11.3 Å². The molecule has 1 unspecified atom stereocenters. The SMILES string of the molecule is O=C(CCn1c(=O)[nH]c2ccccc21)NC(c1ccccn1)C1CC(O)C1. The van der Waals surface area contributed by atoms with Crippen molar-refractivity contribution in [2.75, 3.05) is 0 Å². The highest BCUT2D eigenvalue weighted by atomic mass is 16.3. The van der Waals surface area contributed by atoms with E-state index in [1.54, 1.807) is 10.8 Å². The molecule has 2 aromatic heterocycles. The van der Waals surface area contributed by atoms with Gasteiger partial charge in [0.2, 0.25) is 5.91 Å². The van der Waals surface area contributed by atoms with Crippen LogP contribution in [0.15, 0.2) is 53.5 Å². The first-order valence-electron chi connectivity index (χ1n) is 9.17. The number of hydrogen-bond donors (Lipinski definition) is 3. The van der Waals surface area contributed by atoms with Crippen LogP contribution >= 0.6 is 0 Å². The topological polar surface area (TPSA) is 100 Å². The van der Waals surface area contributed by atoms with Crippen molar-refractivity contribution in [2.24, 2.45) is 5.92 Å². The average Bonchev–Trinajstić information content (AvgIpc) is 2.98. The number of aryl methyl sites for hydroxylation is 1. The van der Waals surface area contributed by atoms with E-state index in [9.17, 15) is 14.7 Å². The lowest BCUT2D eigenvalue weighted by atomic mass is 9.76. The van der Waals surface area contributed by atoms with Crippen molar-refractivity contribution in [1.82, 2.24) is 19.9 Å². The number of carbonyl (C=O) groups is 1. The molecule has 1 aromatic carbocycles. The predicted octanol–water partition coefficient (Wildman–Crippen LogP) is 1.74. The summed E-state index contributed by atoms with van der Waals surface area (Å²) in [5.41, 5.74) is 2.14. The van der Waals surface area contributed by atoms with Gasteiger partial charge in [0.15, 0.2) is 0 Å². The van der Waals surface area contributed by atoms with Gasteiger partial charge in [0.25, 0.3) is 0 Å². The van der Waals surface area contributed by atoms with Gasteiger partial charge in [-0.1, -0.05) is 18.2 Å². The Kier molecular flexibility index (Phi) is 4.77. The number of aliphatic hydroxyl groups excluding tert-OH is 1. The highest BCUT2D eigenvalue weighted by Gasteiger charge is 2.36. The van der Waals surface area contributed by atoms with Crippen LogP contribution in [-0.4, -0.2) is 31.7 Å². The van der Waals surface area contributed by atoms with Crippen LogP contribution in [0.3, 0.4) is 0 Å². The number of rotatable bonds is 6. The zero-order valence-corrected chi connectivity index (χ0v) is 14.8. The van der Waals surface area contributed by atoms with Crippen molar-refractivity contribution in [3.05, 3.63) is 64.8 Å². The number of amides is 1. The van der Waals surface area contributed by atoms with Gasteiger partial charge in [-0.15, -0.1) is 0 Å². The second-order valence-electron chi connectivity index (χ2n) is 7.03. The van der Waals surface area contributed by atoms with E-state index in [2.05, 4.69) is 15.3 Å². The van der Waals surface area contributed by atoms with Gasteiger partial charge in [-0.2, -0.15) is 0 Å². The van der Waals surface area contributed by atoms with Crippen LogP contribution in [0, 0.1) is 5.92 Å². The molecule has 1 atom stereocenters. The minimum atomic E-state index is -0.303. The fourth-order valence-electron chi connectivity index (χ4n) is 3.68. The van der Waals surface area contributed by atoms with Crippen LogP contribution in [0.25, 0.3) is 11.0 Å². The maximum atomic E-state index is 12.6. The van der Waals surface area contributed by atoms with Gasteiger partial charge in [0.1, 0.15) is 0 Å². The molecule has 0 bridgehead atoms. The molecule has 7 nitrogen and oxygen atoms in total. The molecule has 4 rings (SSSR count). The van der Waals surface area contributed by atoms with E-state index in [1.165, 1.54) is 0 Å². The second-order valence-corrected chi connectivity index (χ2v) is 7.03. The standard InChI is InChI=1S/C20H22N4O3/c25-14-11-13(12-14)19(16-6-3-4-9-21-16)23-18(26)8-10-24-17-7-2-1-5-15(17)22-20(24)27/h1-7,9,13-14,19,25H,8,10-12H2,(H,22,27)(H,23,26). The van der Waals surface area contributed by atoms with Crippen LogP contribution in [0.2, 0.25) is 0 Å². The first kappa shape index (κ1) is 17.5. The molecule has 3 aromatic rings. The fraction of sp³-hybridized carbons (Fsp3) is 0.350. The lowest BCUT2D eigenvalue weighted by Crippen LogP contribution is -2.42. The minimum Gasteiger partial charge on any atom is -0.393 e. The van der Waals surface area contributed by atoms with Crippen molar-refractivity contribution in [3.63, 3.8) is 0 Å². The molecule has 0 spiro atoms. The minimum absolute atomic E-state index is 0.135. The number of pyridine rings is 1. The summed E-state index contributed by atoms with van der Waals surface area (Å²) in [4.78, 5) is 31.9. The number of nitrogens with zero attached hydrogens (tertiary/aromatic N) is 2. The third-order valence-electron chi connectivity index (χ3n) is 5.19. The zero-order valence-electron chi connectivity index (χ0n) is 14.8. The van der Waals surface area contributed by atoms with Gasteiger partial charge in [0, 0.05) is 19.2 Å². The van der Waals surface area contributed by atoms with Crippen molar-refractivity contribution in [2.45, 2.75) is 38.0 Å². The number of aromatic amines is 1.